The maximum atomic E-state index is 10.3. The molecule has 0 saturated carbocycles. The van der Waals surface area contributed by atoms with Gasteiger partial charge in [0.1, 0.15) is 0 Å². The van der Waals surface area contributed by atoms with E-state index in [0.717, 1.165) is 25.9 Å². The Morgan fingerprint density at radius 2 is 1.35 bits per heavy atom. The van der Waals surface area contributed by atoms with E-state index in [9.17, 15) is 15.3 Å². The van der Waals surface area contributed by atoms with Crippen LogP contribution in [0.15, 0.2) is 0 Å². The summed E-state index contributed by atoms with van der Waals surface area (Å²) in [5, 5.41) is 40.2. The highest BCUT2D eigenvalue weighted by atomic mass is 16.7. The van der Waals surface area contributed by atoms with E-state index in [1.807, 2.05) is 20.9 Å². The first-order valence-electron chi connectivity index (χ1n) is 11.6. The van der Waals surface area contributed by atoms with Crippen LogP contribution in [0.4, 0.5) is 0 Å². The molecular formula is C23H51N3O5. The van der Waals surface area contributed by atoms with Gasteiger partial charge in [-0.2, -0.15) is 0 Å². The smallest absolute Gasteiger partial charge is 0.170 e. The van der Waals surface area contributed by atoms with Gasteiger partial charge < -0.3 is 40.7 Å². The summed E-state index contributed by atoms with van der Waals surface area (Å²) >= 11 is 0. The Kier molecular flexibility index (Phi) is 13.9. The first-order valence-corrected chi connectivity index (χ1v) is 11.6. The SMILES string of the molecule is CNCCC(C)(C)NCCC(C)(C)NCC(OC(C)C)OC(CO)C(CO)C(C)(C)O. The molecule has 31 heavy (non-hydrogen) atoms. The maximum absolute atomic E-state index is 10.3. The number of aliphatic hydroxyl groups excluding tert-OH is 2. The van der Waals surface area contributed by atoms with Crippen LogP contribution >= 0.6 is 0 Å². The maximum Gasteiger partial charge on any atom is 0.170 e. The van der Waals surface area contributed by atoms with E-state index in [0.29, 0.717) is 6.54 Å². The number of ether oxygens (including phenoxy) is 2. The molecule has 188 valence electrons. The third-order valence-electron chi connectivity index (χ3n) is 5.58. The van der Waals surface area contributed by atoms with Crippen molar-refractivity contribution < 1.29 is 24.8 Å². The Bertz CT molecular complexity index is 467. The van der Waals surface area contributed by atoms with Gasteiger partial charge in [-0.1, -0.05) is 0 Å². The second kappa shape index (κ2) is 14.1. The predicted molar refractivity (Wildman–Crippen MR) is 126 cm³/mol. The summed E-state index contributed by atoms with van der Waals surface area (Å²) < 4.78 is 11.9. The van der Waals surface area contributed by atoms with Crippen LogP contribution in [0.1, 0.15) is 68.2 Å². The van der Waals surface area contributed by atoms with Crippen LogP contribution in [-0.2, 0) is 9.47 Å². The summed E-state index contributed by atoms with van der Waals surface area (Å²) in [5.74, 6) is -0.632. The molecule has 0 aromatic carbocycles. The van der Waals surface area contributed by atoms with E-state index in [1.165, 1.54) is 0 Å². The Labute approximate surface area is 190 Å². The first kappa shape index (κ1) is 30.7. The van der Waals surface area contributed by atoms with Crippen LogP contribution in [0.2, 0.25) is 0 Å². The number of hydrogen-bond acceptors (Lipinski definition) is 8. The van der Waals surface area contributed by atoms with Crippen LogP contribution in [-0.4, -0.2) is 90.4 Å². The van der Waals surface area contributed by atoms with Gasteiger partial charge in [0.05, 0.1) is 31.0 Å². The third-order valence-corrected chi connectivity index (χ3v) is 5.58. The van der Waals surface area contributed by atoms with E-state index in [-0.39, 0.29) is 30.4 Å². The number of hydrogen-bond donors (Lipinski definition) is 6. The van der Waals surface area contributed by atoms with Crippen molar-refractivity contribution in [1.29, 1.82) is 0 Å². The summed E-state index contributed by atoms with van der Waals surface area (Å²) in [5.41, 5.74) is -1.28. The van der Waals surface area contributed by atoms with Crippen molar-refractivity contribution in [2.45, 2.75) is 103 Å². The second-order valence-corrected chi connectivity index (χ2v) is 10.6. The summed E-state index contributed by atoms with van der Waals surface area (Å²) in [7, 11) is 1.96. The molecule has 0 amide bonds. The average molecular weight is 450 g/mol. The van der Waals surface area contributed by atoms with Crippen molar-refractivity contribution in [1.82, 2.24) is 16.0 Å². The van der Waals surface area contributed by atoms with Crippen LogP contribution in [0.25, 0.3) is 0 Å². The van der Waals surface area contributed by atoms with Gasteiger partial charge in [0.15, 0.2) is 6.29 Å². The molecule has 6 N–H and O–H groups in total. The molecule has 0 aromatic heterocycles. The molecule has 0 aliphatic rings. The molecule has 3 atom stereocenters. The normalized spacial score (nSPS) is 16.5. The number of nitrogens with one attached hydrogen (secondary N) is 3. The van der Waals surface area contributed by atoms with Gasteiger partial charge in [0, 0.05) is 23.5 Å². The lowest BCUT2D eigenvalue weighted by atomic mass is 9.87. The summed E-state index contributed by atoms with van der Waals surface area (Å²) in [6.45, 7) is 17.4. The Hall–Kier alpha value is -0.320. The summed E-state index contributed by atoms with van der Waals surface area (Å²) in [6, 6.07) is 0. The quantitative estimate of drug-likeness (QED) is 0.173. The molecule has 0 fully saturated rings. The minimum Gasteiger partial charge on any atom is -0.396 e. The van der Waals surface area contributed by atoms with Gasteiger partial charge in [-0.05, 0) is 88.4 Å². The molecule has 3 unspecified atom stereocenters. The Morgan fingerprint density at radius 3 is 1.81 bits per heavy atom. The first-order chi connectivity index (χ1) is 14.2. The molecule has 8 heteroatoms. The zero-order valence-electron chi connectivity index (χ0n) is 21.4. The van der Waals surface area contributed by atoms with E-state index in [2.05, 4.69) is 43.6 Å². The predicted octanol–water partition coefficient (Wildman–Crippen LogP) is 1.23. The largest absolute Gasteiger partial charge is 0.396 e. The van der Waals surface area contributed by atoms with Crippen LogP contribution < -0.4 is 16.0 Å². The van der Waals surface area contributed by atoms with Crippen molar-refractivity contribution in [3.8, 4) is 0 Å². The van der Waals surface area contributed by atoms with Gasteiger partial charge >= 0.3 is 0 Å². The highest BCUT2D eigenvalue weighted by molar-refractivity contribution is 4.86. The fourth-order valence-corrected chi connectivity index (χ4v) is 3.38. The summed E-state index contributed by atoms with van der Waals surface area (Å²) in [6.07, 6.45) is 0.530. The standard InChI is InChI=1S/C23H51N3O5/c1-17(2)30-20(31-19(16-28)18(15-27)23(7,8)29)14-26-22(5,6)11-13-25-21(3,4)10-12-24-9/h17-20,24-29H,10-16H2,1-9H3. The van der Waals surface area contributed by atoms with Gasteiger partial charge in [0.25, 0.3) is 0 Å². The highest BCUT2D eigenvalue weighted by Gasteiger charge is 2.36. The molecule has 0 aliphatic heterocycles. The minimum atomic E-state index is -1.19. The highest BCUT2D eigenvalue weighted by Crippen LogP contribution is 2.23. The monoisotopic (exact) mass is 449 g/mol. The number of aliphatic hydroxyl groups is 3. The molecular weight excluding hydrogens is 398 g/mol. The van der Waals surface area contributed by atoms with Crippen molar-refractivity contribution in [2.24, 2.45) is 5.92 Å². The van der Waals surface area contributed by atoms with E-state index in [1.54, 1.807) is 13.8 Å². The molecule has 0 aliphatic carbocycles. The molecule has 0 rings (SSSR count). The molecule has 0 heterocycles. The molecule has 0 saturated heterocycles. The fourth-order valence-electron chi connectivity index (χ4n) is 3.38. The topological polar surface area (TPSA) is 115 Å². The molecule has 8 nitrogen and oxygen atoms in total. The van der Waals surface area contributed by atoms with Crippen molar-refractivity contribution in [2.75, 3.05) is 39.9 Å². The fraction of sp³-hybridized carbons (Fsp3) is 1.00. The van der Waals surface area contributed by atoms with Crippen LogP contribution in [0.5, 0.6) is 0 Å². The van der Waals surface area contributed by atoms with Gasteiger partial charge in [-0.3, -0.25) is 0 Å². The van der Waals surface area contributed by atoms with Crippen LogP contribution in [0.3, 0.4) is 0 Å². The molecule has 0 spiro atoms. The van der Waals surface area contributed by atoms with E-state index >= 15 is 0 Å². The third kappa shape index (κ3) is 13.7. The van der Waals surface area contributed by atoms with Gasteiger partial charge in [-0.25, -0.2) is 0 Å². The van der Waals surface area contributed by atoms with Crippen molar-refractivity contribution in [3.05, 3.63) is 0 Å². The second-order valence-electron chi connectivity index (χ2n) is 10.6. The van der Waals surface area contributed by atoms with Crippen molar-refractivity contribution in [3.63, 3.8) is 0 Å². The van der Waals surface area contributed by atoms with E-state index in [4.69, 9.17) is 9.47 Å². The Balaban J connectivity index is 4.89. The van der Waals surface area contributed by atoms with Crippen LogP contribution in [0, 0.1) is 5.92 Å². The zero-order valence-corrected chi connectivity index (χ0v) is 21.4. The number of rotatable bonds is 18. The average Bonchev–Trinajstić information content (AvgIpc) is 2.62. The zero-order chi connectivity index (χ0) is 24.3. The minimum absolute atomic E-state index is 0.0657. The van der Waals surface area contributed by atoms with Gasteiger partial charge in [-0.15, -0.1) is 0 Å². The summed E-state index contributed by atoms with van der Waals surface area (Å²) in [4.78, 5) is 0. The van der Waals surface area contributed by atoms with Crippen molar-refractivity contribution >= 4 is 0 Å². The molecule has 0 radical (unpaired) electrons. The lowest BCUT2D eigenvalue weighted by Crippen LogP contribution is -2.51. The lowest BCUT2D eigenvalue weighted by molar-refractivity contribution is -0.221. The molecule has 0 aromatic rings. The van der Waals surface area contributed by atoms with Gasteiger partial charge in [0.2, 0.25) is 0 Å². The Morgan fingerprint density at radius 1 is 0.806 bits per heavy atom. The lowest BCUT2D eigenvalue weighted by Gasteiger charge is -2.37. The molecule has 0 bridgehead atoms. The van der Waals surface area contributed by atoms with E-state index < -0.39 is 23.9 Å².